The summed E-state index contributed by atoms with van der Waals surface area (Å²) in [6, 6.07) is 5.60. The first kappa shape index (κ1) is 13.7. The molecule has 1 aromatic rings. The molecule has 3 nitrogen and oxygen atoms in total. The average molecular weight is 263 g/mol. The van der Waals surface area contributed by atoms with Crippen molar-refractivity contribution in [2.45, 2.75) is 25.5 Å². The number of rotatable bonds is 5. The van der Waals surface area contributed by atoms with Crippen LogP contribution in [0.4, 0.5) is 0 Å². The summed E-state index contributed by atoms with van der Waals surface area (Å²) >= 11 is 11.8. The van der Waals surface area contributed by atoms with Crippen LogP contribution in [0.1, 0.15) is 12.5 Å². The topological polar surface area (TPSA) is 47.3 Å². The van der Waals surface area contributed by atoms with Crippen LogP contribution in [0.15, 0.2) is 18.2 Å². The summed E-state index contributed by atoms with van der Waals surface area (Å²) in [7, 11) is 1.66. The molecule has 2 atom stereocenters. The molecule has 1 aromatic carbocycles. The van der Waals surface area contributed by atoms with Crippen molar-refractivity contribution in [1.82, 2.24) is 5.43 Å². The van der Waals surface area contributed by atoms with Gasteiger partial charge in [-0.05, 0) is 31.0 Å². The summed E-state index contributed by atoms with van der Waals surface area (Å²) in [4.78, 5) is 0. The summed E-state index contributed by atoms with van der Waals surface area (Å²) in [5.74, 6) is 5.48. The van der Waals surface area contributed by atoms with Crippen LogP contribution in [0.3, 0.4) is 0 Å². The second-order valence-corrected chi connectivity index (χ2v) is 4.48. The second-order valence-electron chi connectivity index (χ2n) is 3.67. The van der Waals surface area contributed by atoms with Gasteiger partial charge in [0.15, 0.2) is 0 Å². The minimum absolute atomic E-state index is 0.0273. The fraction of sp³-hybridized carbons (Fsp3) is 0.455. The van der Waals surface area contributed by atoms with E-state index in [1.807, 2.05) is 19.1 Å². The highest BCUT2D eigenvalue weighted by Crippen LogP contribution is 2.23. The number of methoxy groups -OCH3 is 1. The third-order valence-electron chi connectivity index (χ3n) is 2.59. The molecular weight excluding hydrogens is 247 g/mol. The van der Waals surface area contributed by atoms with E-state index < -0.39 is 0 Å². The number of hydrogen-bond acceptors (Lipinski definition) is 3. The van der Waals surface area contributed by atoms with Gasteiger partial charge in [-0.1, -0.05) is 29.3 Å². The monoisotopic (exact) mass is 262 g/mol. The summed E-state index contributed by atoms with van der Waals surface area (Å²) in [5.41, 5.74) is 3.80. The lowest BCUT2D eigenvalue weighted by atomic mass is 10.0. The molecule has 1 rings (SSSR count). The van der Waals surface area contributed by atoms with Crippen LogP contribution in [0.5, 0.6) is 0 Å². The van der Waals surface area contributed by atoms with E-state index >= 15 is 0 Å². The van der Waals surface area contributed by atoms with Crippen molar-refractivity contribution in [3.63, 3.8) is 0 Å². The zero-order chi connectivity index (χ0) is 12.1. The Labute approximate surface area is 106 Å². The van der Waals surface area contributed by atoms with Crippen LogP contribution in [-0.4, -0.2) is 19.3 Å². The molecule has 5 heteroatoms. The van der Waals surface area contributed by atoms with Gasteiger partial charge in [0.1, 0.15) is 0 Å². The molecule has 0 radical (unpaired) electrons. The summed E-state index contributed by atoms with van der Waals surface area (Å²) in [6.45, 7) is 1.96. The Morgan fingerprint density at radius 2 is 2.06 bits per heavy atom. The highest BCUT2D eigenvalue weighted by molar-refractivity contribution is 6.42. The van der Waals surface area contributed by atoms with E-state index in [4.69, 9.17) is 33.8 Å². The van der Waals surface area contributed by atoms with Crippen LogP contribution < -0.4 is 11.3 Å². The predicted molar refractivity (Wildman–Crippen MR) is 67.7 cm³/mol. The lowest BCUT2D eigenvalue weighted by molar-refractivity contribution is 0.0831. The lowest BCUT2D eigenvalue weighted by Gasteiger charge is -2.22. The van der Waals surface area contributed by atoms with E-state index in [0.29, 0.717) is 10.0 Å². The van der Waals surface area contributed by atoms with E-state index in [9.17, 15) is 0 Å². The first-order valence-corrected chi connectivity index (χ1v) is 5.77. The van der Waals surface area contributed by atoms with Crippen molar-refractivity contribution in [3.8, 4) is 0 Å². The molecule has 0 fully saturated rings. The summed E-state index contributed by atoms with van der Waals surface area (Å²) in [6.07, 6.45) is 0.766. The molecule has 2 unspecified atom stereocenters. The van der Waals surface area contributed by atoms with Gasteiger partial charge in [-0.2, -0.15) is 0 Å². The van der Waals surface area contributed by atoms with Crippen molar-refractivity contribution in [2.24, 2.45) is 5.84 Å². The molecule has 0 bridgehead atoms. The molecule has 0 amide bonds. The largest absolute Gasteiger partial charge is 0.380 e. The molecule has 0 saturated heterocycles. The normalized spacial score (nSPS) is 14.8. The van der Waals surface area contributed by atoms with Gasteiger partial charge in [-0.15, -0.1) is 0 Å². The number of hydrazine groups is 1. The van der Waals surface area contributed by atoms with Gasteiger partial charge >= 0.3 is 0 Å². The standard InChI is InChI=1S/C11H16Cl2N2O/c1-7(16-2)11(15-14)6-8-3-4-9(12)10(13)5-8/h3-5,7,11,15H,6,14H2,1-2H3. The maximum atomic E-state index is 5.94. The van der Waals surface area contributed by atoms with E-state index in [1.54, 1.807) is 13.2 Å². The molecule has 90 valence electrons. The SMILES string of the molecule is COC(C)C(Cc1ccc(Cl)c(Cl)c1)NN. The van der Waals surface area contributed by atoms with Crippen molar-refractivity contribution in [3.05, 3.63) is 33.8 Å². The highest BCUT2D eigenvalue weighted by atomic mass is 35.5. The zero-order valence-electron chi connectivity index (χ0n) is 9.34. The number of hydrogen-bond donors (Lipinski definition) is 2. The van der Waals surface area contributed by atoms with E-state index in [2.05, 4.69) is 5.43 Å². The lowest BCUT2D eigenvalue weighted by Crippen LogP contribution is -2.45. The molecule has 0 aliphatic rings. The Morgan fingerprint density at radius 3 is 2.56 bits per heavy atom. The number of ether oxygens (including phenoxy) is 1. The average Bonchev–Trinajstić information content (AvgIpc) is 2.29. The smallest absolute Gasteiger partial charge is 0.0712 e. The Morgan fingerprint density at radius 1 is 1.38 bits per heavy atom. The summed E-state index contributed by atoms with van der Waals surface area (Å²) in [5, 5.41) is 1.11. The Hall–Kier alpha value is -0.320. The highest BCUT2D eigenvalue weighted by Gasteiger charge is 2.16. The Balaban J connectivity index is 2.74. The minimum Gasteiger partial charge on any atom is -0.380 e. The van der Waals surface area contributed by atoms with Gasteiger partial charge in [0.25, 0.3) is 0 Å². The summed E-state index contributed by atoms with van der Waals surface area (Å²) < 4.78 is 5.23. The molecule has 16 heavy (non-hydrogen) atoms. The molecule has 0 aliphatic carbocycles. The van der Waals surface area contributed by atoms with Crippen molar-refractivity contribution in [2.75, 3.05) is 7.11 Å². The van der Waals surface area contributed by atoms with Gasteiger partial charge < -0.3 is 4.74 Å². The number of nitrogens with one attached hydrogen (secondary N) is 1. The maximum absolute atomic E-state index is 5.94. The van der Waals surface area contributed by atoms with Gasteiger partial charge in [0.2, 0.25) is 0 Å². The molecule has 0 saturated carbocycles. The third-order valence-corrected chi connectivity index (χ3v) is 3.33. The van der Waals surface area contributed by atoms with Crippen molar-refractivity contribution >= 4 is 23.2 Å². The first-order valence-electron chi connectivity index (χ1n) is 5.01. The molecular formula is C11H16Cl2N2O. The van der Waals surface area contributed by atoms with Crippen LogP contribution in [0, 0.1) is 0 Å². The van der Waals surface area contributed by atoms with Crippen LogP contribution >= 0.6 is 23.2 Å². The van der Waals surface area contributed by atoms with Gasteiger partial charge in [0, 0.05) is 7.11 Å². The van der Waals surface area contributed by atoms with Crippen LogP contribution in [-0.2, 0) is 11.2 Å². The fourth-order valence-corrected chi connectivity index (χ4v) is 1.77. The van der Waals surface area contributed by atoms with Gasteiger partial charge in [-0.25, -0.2) is 0 Å². The minimum atomic E-state index is 0.0273. The first-order chi connectivity index (χ1) is 7.58. The fourth-order valence-electron chi connectivity index (χ4n) is 1.45. The number of halogens is 2. The van der Waals surface area contributed by atoms with E-state index in [0.717, 1.165) is 12.0 Å². The Kier molecular flexibility index (Phi) is 5.52. The van der Waals surface area contributed by atoms with E-state index in [-0.39, 0.29) is 12.1 Å². The molecule has 0 aliphatic heterocycles. The quantitative estimate of drug-likeness (QED) is 0.633. The van der Waals surface area contributed by atoms with Crippen LogP contribution in [0.25, 0.3) is 0 Å². The molecule has 0 spiro atoms. The molecule has 0 aromatic heterocycles. The molecule has 0 heterocycles. The van der Waals surface area contributed by atoms with E-state index in [1.165, 1.54) is 0 Å². The Bertz CT molecular complexity index is 347. The third kappa shape index (κ3) is 3.61. The maximum Gasteiger partial charge on any atom is 0.0712 e. The second kappa shape index (κ2) is 6.42. The molecule has 3 N–H and O–H groups in total. The van der Waals surface area contributed by atoms with Gasteiger partial charge in [0.05, 0.1) is 22.2 Å². The van der Waals surface area contributed by atoms with Gasteiger partial charge in [-0.3, -0.25) is 11.3 Å². The van der Waals surface area contributed by atoms with Crippen molar-refractivity contribution in [1.29, 1.82) is 0 Å². The zero-order valence-corrected chi connectivity index (χ0v) is 10.8. The van der Waals surface area contributed by atoms with Crippen LogP contribution in [0.2, 0.25) is 10.0 Å². The van der Waals surface area contributed by atoms with Crippen molar-refractivity contribution < 1.29 is 4.74 Å². The number of nitrogens with two attached hydrogens (primary N) is 1. The number of benzene rings is 1. The predicted octanol–water partition coefficient (Wildman–Crippen LogP) is 2.40.